The lowest BCUT2D eigenvalue weighted by molar-refractivity contribution is 0.168. The third-order valence-electron chi connectivity index (χ3n) is 2.86. The molecule has 1 saturated heterocycles. The first-order valence-electron chi connectivity index (χ1n) is 6.27. The van der Waals surface area contributed by atoms with E-state index in [2.05, 4.69) is 6.58 Å². The van der Waals surface area contributed by atoms with Gasteiger partial charge in [0.05, 0.1) is 23.2 Å². The van der Waals surface area contributed by atoms with Crippen molar-refractivity contribution in [3.63, 3.8) is 0 Å². The summed E-state index contributed by atoms with van der Waals surface area (Å²) in [4.78, 5) is 13.3. The van der Waals surface area contributed by atoms with Gasteiger partial charge in [0.15, 0.2) is 0 Å². The molecule has 0 aliphatic carbocycles. The lowest BCUT2D eigenvalue weighted by Crippen LogP contribution is -2.27. The molecule has 0 radical (unpaired) electrons. The van der Waals surface area contributed by atoms with E-state index < -0.39 is 6.09 Å². The normalized spacial score (nSPS) is 16.4. The summed E-state index contributed by atoms with van der Waals surface area (Å²) in [5, 5.41) is 0.945. The van der Waals surface area contributed by atoms with Crippen molar-refractivity contribution in [1.29, 1.82) is 0 Å². The number of carbonyl (C=O) groups excluding carboxylic acids is 1. The molecule has 0 unspecified atom stereocenters. The quantitative estimate of drug-likeness (QED) is 0.767. The van der Waals surface area contributed by atoms with Crippen LogP contribution in [0.3, 0.4) is 0 Å². The van der Waals surface area contributed by atoms with Crippen LogP contribution in [0.1, 0.15) is 5.56 Å². The van der Waals surface area contributed by atoms with Gasteiger partial charge in [-0.25, -0.2) is 4.79 Å². The van der Waals surface area contributed by atoms with Crippen LogP contribution in [-0.4, -0.2) is 37.8 Å². The summed E-state index contributed by atoms with van der Waals surface area (Å²) in [5.74, 6) is 0.559. The lowest BCUT2D eigenvalue weighted by Gasteiger charge is -2.13. The second-order valence-electron chi connectivity index (χ2n) is 4.69. The molecule has 0 saturated carbocycles. The zero-order chi connectivity index (χ0) is 15.4. The van der Waals surface area contributed by atoms with E-state index >= 15 is 0 Å². The molecule has 2 rings (SSSR count). The summed E-state index contributed by atoms with van der Waals surface area (Å²) < 4.78 is 10.2. The van der Waals surface area contributed by atoms with Crippen LogP contribution in [0.2, 0.25) is 10.0 Å². The maximum atomic E-state index is 11.8. The smallest absolute Gasteiger partial charge is 0.413 e. The van der Waals surface area contributed by atoms with Gasteiger partial charge in [-0.15, -0.1) is 0 Å². The number of nitrogens with zero attached hydrogens (tertiary/aromatic N) is 1. The molecule has 112 valence electrons. The highest BCUT2D eigenvalue weighted by molar-refractivity contribution is 6.42. The van der Waals surface area contributed by atoms with Crippen molar-refractivity contribution in [2.75, 3.05) is 26.8 Å². The Morgan fingerprint density at radius 2 is 2.24 bits per heavy atom. The molecule has 1 aliphatic rings. The Labute approximate surface area is 133 Å². The number of methoxy groups -OCH3 is 1. The molecule has 1 amide bonds. The Bertz CT molecular complexity index is 599. The molecule has 1 aromatic rings. The van der Waals surface area contributed by atoms with Crippen LogP contribution in [0.25, 0.3) is 6.08 Å². The molecule has 6 heteroatoms. The van der Waals surface area contributed by atoms with Gasteiger partial charge in [-0.1, -0.05) is 35.8 Å². The van der Waals surface area contributed by atoms with Crippen LogP contribution in [0.5, 0.6) is 0 Å². The molecule has 4 nitrogen and oxygen atoms in total. The number of halogens is 2. The number of hydrogen-bond donors (Lipinski definition) is 0. The summed E-state index contributed by atoms with van der Waals surface area (Å²) in [6, 6.07) is 5.23. The highest BCUT2D eigenvalue weighted by Crippen LogP contribution is 2.25. The van der Waals surface area contributed by atoms with Crippen molar-refractivity contribution in [3.05, 3.63) is 51.7 Å². The number of ether oxygens (including phenoxy) is 2. The molecule has 0 N–H and O–H groups in total. The Kier molecular flexibility index (Phi) is 5.28. The fourth-order valence-corrected chi connectivity index (χ4v) is 2.27. The highest BCUT2D eigenvalue weighted by atomic mass is 35.5. The third kappa shape index (κ3) is 4.24. The summed E-state index contributed by atoms with van der Waals surface area (Å²) in [7, 11) is 1.59. The van der Waals surface area contributed by atoms with E-state index in [9.17, 15) is 4.79 Å². The van der Waals surface area contributed by atoms with E-state index in [-0.39, 0.29) is 0 Å². The fourth-order valence-electron chi connectivity index (χ4n) is 1.96. The minimum Gasteiger partial charge on any atom is -0.413 e. The zero-order valence-corrected chi connectivity index (χ0v) is 13.1. The highest BCUT2D eigenvalue weighted by Gasteiger charge is 2.27. The van der Waals surface area contributed by atoms with Gasteiger partial charge < -0.3 is 9.47 Å². The van der Waals surface area contributed by atoms with Gasteiger partial charge in [-0.05, 0) is 29.3 Å². The molecule has 0 atom stereocenters. The van der Waals surface area contributed by atoms with Crippen molar-refractivity contribution >= 4 is 35.4 Å². The Hall–Kier alpha value is -1.49. The molecule has 1 aliphatic heterocycles. The number of amides is 1. The van der Waals surface area contributed by atoms with E-state index in [0.717, 1.165) is 11.1 Å². The monoisotopic (exact) mass is 327 g/mol. The lowest BCUT2D eigenvalue weighted by atomic mass is 10.2. The summed E-state index contributed by atoms with van der Waals surface area (Å²) in [5.41, 5.74) is 1.63. The first kappa shape index (κ1) is 15.9. The summed E-state index contributed by atoms with van der Waals surface area (Å²) >= 11 is 11.8. The Morgan fingerprint density at radius 1 is 1.48 bits per heavy atom. The van der Waals surface area contributed by atoms with Crippen LogP contribution < -0.4 is 0 Å². The van der Waals surface area contributed by atoms with Crippen molar-refractivity contribution in [3.8, 4) is 0 Å². The molecule has 21 heavy (non-hydrogen) atoms. The molecule has 0 bridgehead atoms. The minimum absolute atomic E-state index is 0.390. The van der Waals surface area contributed by atoms with E-state index in [4.69, 9.17) is 32.7 Å². The van der Waals surface area contributed by atoms with Crippen molar-refractivity contribution in [2.45, 2.75) is 0 Å². The van der Waals surface area contributed by atoms with Crippen LogP contribution in [0, 0.1) is 0 Å². The number of hydrogen-bond acceptors (Lipinski definition) is 3. The van der Waals surface area contributed by atoms with Crippen LogP contribution >= 0.6 is 23.2 Å². The molecular formula is C15H15Cl2NO3. The Balaban J connectivity index is 2.05. The van der Waals surface area contributed by atoms with Gasteiger partial charge in [0.25, 0.3) is 0 Å². The standard InChI is InChI=1S/C15H15Cl2NO3/c1-10(9-20-2)7-18-8-12(21-15(18)19)5-11-3-4-13(16)14(17)6-11/h3-6H,1,7-9H2,2H3/b12-5-. The van der Waals surface area contributed by atoms with Crippen LogP contribution in [0.4, 0.5) is 4.79 Å². The van der Waals surface area contributed by atoms with Gasteiger partial charge in [-0.3, -0.25) is 4.90 Å². The van der Waals surface area contributed by atoms with Gasteiger partial charge >= 0.3 is 6.09 Å². The van der Waals surface area contributed by atoms with Crippen molar-refractivity contribution < 1.29 is 14.3 Å². The average molecular weight is 328 g/mol. The summed E-state index contributed by atoms with van der Waals surface area (Å²) in [6.07, 6.45) is 1.37. The number of rotatable bonds is 5. The molecule has 0 aromatic heterocycles. The van der Waals surface area contributed by atoms with Crippen LogP contribution in [-0.2, 0) is 9.47 Å². The molecule has 1 fully saturated rings. The van der Waals surface area contributed by atoms with Crippen LogP contribution in [0.15, 0.2) is 36.1 Å². The van der Waals surface area contributed by atoms with E-state index in [1.54, 1.807) is 30.2 Å². The van der Waals surface area contributed by atoms with Crippen molar-refractivity contribution in [1.82, 2.24) is 4.90 Å². The number of cyclic esters (lactones) is 1. The minimum atomic E-state index is -0.390. The molecule has 1 aromatic carbocycles. The van der Waals surface area contributed by atoms with Crippen molar-refractivity contribution in [2.24, 2.45) is 0 Å². The maximum absolute atomic E-state index is 11.8. The first-order valence-corrected chi connectivity index (χ1v) is 7.03. The second-order valence-corrected chi connectivity index (χ2v) is 5.51. The van der Waals surface area contributed by atoms with E-state index in [0.29, 0.717) is 35.5 Å². The topological polar surface area (TPSA) is 38.8 Å². The largest absolute Gasteiger partial charge is 0.415 e. The maximum Gasteiger partial charge on any atom is 0.415 e. The zero-order valence-electron chi connectivity index (χ0n) is 11.6. The molecular weight excluding hydrogens is 313 g/mol. The Morgan fingerprint density at radius 3 is 2.90 bits per heavy atom. The average Bonchev–Trinajstić information content (AvgIpc) is 2.74. The van der Waals surface area contributed by atoms with Gasteiger partial charge in [0, 0.05) is 13.7 Å². The van der Waals surface area contributed by atoms with Gasteiger partial charge in [-0.2, -0.15) is 0 Å². The van der Waals surface area contributed by atoms with Gasteiger partial charge in [0.2, 0.25) is 0 Å². The fraction of sp³-hybridized carbons (Fsp3) is 0.267. The molecule has 1 heterocycles. The predicted octanol–water partition coefficient (Wildman–Crippen LogP) is 3.99. The van der Waals surface area contributed by atoms with E-state index in [1.165, 1.54) is 0 Å². The van der Waals surface area contributed by atoms with E-state index in [1.807, 2.05) is 6.07 Å². The summed E-state index contributed by atoms with van der Waals surface area (Å²) in [6.45, 7) is 5.06. The first-order chi connectivity index (χ1) is 9.99. The third-order valence-corrected chi connectivity index (χ3v) is 3.60. The molecule has 0 spiro atoms. The second kappa shape index (κ2) is 6.98. The number of benzene rings is 1. The van der Waals surface area contributed by atoms with Gasteiger partial charge in [0.1, 0.15) is 5.76 Å². The SMILES string of the molecule is C=C(COC)CN1C/C(=C/c2ccc(Cl)c(Cl)c2)OC1=O. The predicted molar refractivity (Wildman–Crippen MR) is 83.5 cm³/mol. The number of carbonyl (C=O) groups is 1.